The standard InChI is InChI=1S/C21H25NO/c1-15(2)17-8-10-18(11-9-17)21(23)12-13-22-20-7-5-6-19(14-20)16(3)4/h5-16,22H,1-4H3/b13-12+. The van der Waals surface area contributed by atoms with Crippen LogP contribution in [-0.2, 0) is 0 Å². The largest absolute Gasteiger partial charge is 0.362 e. The maximum atomic E-state index is 12.2. The van der Waals surface area contributed by atoms with E-state index in [9.17, 15) is 4.79 Å². The van der Waals surface area contributed by atoms with Gasteiger partial charge in [0.15, 0.2) is 5.78 Å². The molecular weight excluding hydrogens is 282 g/mol. The number of allylic oxidation sites excluding steroid dienone is 1. The van der Waals surface area contributed by atoms with E-state index in [1.165, 1.54) is 11.1 Å². The van der Waals surface area contributed by atoms with Crippen LogP contribution in [0, 0.1) is 0 Å². The zero-order valence-corrected chi connectivity index (χ0v) is 14.3. The Bertz CT molecular complexity index is 681. The van der Waals surface area contributed by atoms with E-state index in [1.807, 2.05) is 36.4 Å². The van der Waals surface area contributed by atoms with E-state index in [4.69, 9.17) is 0 Å². The van der Waals surface area contributed by atoms with Crippen molar-refractivity contribution in [2.45, 2.75) is 39.5 Å². The first kappa shape index (κ1) is 17.0. The van der Waals surface area contributed by atoms with Crippen LogP contribution in [0.5, 0.6) is 0 Å². The summed E-state index contributed by atoms with van der Waals surface area (Å²) in [5.74, 6) is 0.972. The molecule has 0 aliphatic heterocycles. The van der Waals surface area contributed by atoms with Gasteiger partial charge < -0.3 is 5.32 Å². The molecule has 0 atom stereocenters. The lowest BCUT2D eigenvalue weighted by Gasteiger charge is -2.08. The van der Waals surface area contributed by atoms with Crippen molar-refractivity contribution in [3.05, 3.63) is 77.5 Å². The molecule has 0 unspecified atom stereocenters. The third kappa shape index (κ3) is 4.82. The van der Waals surface area contributed by atoms with Gasteiger partial charge in [0, 0.05) is 23.5 Å². The number of rotatable bonds is 6. The molecule has 0 heterocycles. The predicted octanol–water partition coefficient (Wildman–Crippen LogP) is 5.74. The fourth-order valence-electron chi connectivity index (χ4n) is 2.33. The number of anilines is 1. The normalized spacial score (nSPS) is 11.4. The Morgan fingerprint density at radius 2 is 1.57 bits per heavy atom. The third-order valence-corrected chi connectivity index (χ3v) is 3.90. The van der Waals surface area contributed by atoms with Gasteiger partial charge in [-0.1, -0.05) is 64.1 Å². The van der Waals surface area contributed by atoms with E-state index in [0.29, 0.717) is 17.4 Å². The Kier molecular flexibility index (Phi) is 5.75. The Labute approximate surface area is 139 Å². The van der Waals surface area contributed by atoms with E-state index >= 15 is 0 Å². The average Bonchev–Trinajstić information content (AvgIpc) is 2.55. The van der Waals surface area contributed by atoms with Crippen molar-refractivity contribution < 1.29 is 4.79 Å². The van der Waals surface area contributed by atoms with Crippen LogP contribution in [0.1, 0.15) is 61.0 Å². The molecule has 2 rings (SSSR count). The maximum Gasteiger partial charge on any atom is 0.187 e. The van der Waals surface area contributed by atoms with Crippen LogP contribution in [0.4, 0.5) is 5.69 Å². The fourth-order valence-corrected chi connectivity index (χ4v) is 2.33. The highest BCUT2D eigenvalue weighted by atomic mass is 16.1. The molecule has 2 aromatic rings. The second-order valence-corrected chi connectivity index (χ2v) is 6.40. The molecule has 2 aromatic carbocycles. The highest BCUT2D eigenvalue weighted by Gasteiger charge is 2.04. The second kappa shape index (κ2) is 7.77. The SMILES string of the molecule is CC(C)c1ccc(C(=O)/C=C/Nc2cccc(C(C)C)c2)cc1. The summed E-state index contributed by atoms with van der Waals surface area (Å²) in [4.78, 5) is 12.2. The minimum atomic E-state index is 0.00724. The Morgan fingerprint density at radius 1 is 0.913 bits per heavy atom. The molecule has 23 heavy (non-hydrogen) atoms. The van der Waals surface area contributed by atoms with Crippen molar-refractivity contribution in [3.8, 4) is 0 Å². The van der Waals surface area contributed by atoms with Gasteiger partial charge >= 0.3 is 0 Å². The first-order chi connectivity index (χ1) is 11.0. The third-order valence-electron chi connectivity index (χ3n) is 3.90. The molecule has 2 nitrogen and oxygen atoms in total. The highest BCUT2D eigenvalue weighted by molar-refractivity contribution is 6.04. The lowest BCUT2D eigenvalue weighted by Crippen LogP contribution is -1.98. The number of nitrogens with one attached hydrogen (secondary N) is 1. The van der Waals surface area contributed by atoms with E-state index < -0.39 is 0 Å². The van der Waals surface area contributed by atoms with Crippen molar-refractivity contribution in [2.24, 2.45) is 0 Å². The number of hydrogen-bond donors (Lipinski definition) is 1. The van der Waals surface area contributed by atoms with Gasteiger partial charge in [0.05, 0.1) is 0 Å². The number of benzene rings is 2. The molecule has 0 radical (unpaired) electrons. The summed E-state index contributed by atoms with van der Waals surface area (Å²) in [7, 11) is 0. The number of hydrogen-bond acceptors (Lipinski definition) is 2. The van der Waals surface area contributed by atoms with Crippen LogP contribution in [0.3, 0.4) is 0 Å². The fraction of sp³-hybridized carbons (Fsp3) is 0.286. The zero-order valence-electron chi connectivity index (χ0n) is 14.3. The molecule has 0 amide bonds. The molecule has 0 bridgehead atoms. The summed E-state index contributed by atoms with van der Waals surface area (Å²) in [5, 5.41) is 3.17. The van der Waals surface area contributed by atoms with Crippen molar-refractivity contribution in [3.63, 3.8) is 0 Å². The van der Waals surface area contributed by atoms with Gasteiger partial charge in [0.25, 0.3) is 0 Å². The van der Waals surface area contributed by atoms with Crippen LogP contribution in [0.15, 0.2) is 60.8 Å². The summed E-state index contributed by atoms with van der Waals surface area (Å²) in [6.07, 6.45) is 3.28. The van der Waals surface area contributed by atoms with Gasteiger partial charge in [-0.25, -0.2) is 0 Å². The van der Waals surface area contributed by atoms with Gasteiger partial charge in [-0.05, 0) is 35.1 Å². The lowest BCUT2D eigenvalue weighted by atomic mass is 10.0. The zero-order chi connectivity index (χ0) is 16.8. The van der Waals surface area contributed by atoms with Crippen molar-refractivity contribution >= 4 is 11.5 Å². The molecule has 0 saturated carbocycles. The quantitative estimate of drug-likeness (QED) is 0.544. The highest BCUT2D eigenvalue weighted by Crippen LogP contribution is 2.18. The van der Waals surface area contributed by atoms with Gasteiger partial charge in [0.2, 0.25) is 0 Å². The van der Waals surface area contributed by atoms with Crippen molar-refractivity contribution in [1.82, 2.24) is 0 Å². The van der Waals surface area contributed by atoms with Crippen LogP contribution in [-0.4, -0.2) is 5.78 Å². The van der Waals surface area contributed by atoms with Gasteiger partial charge in [-0.2, -0.15) is 0 Å². The molecule has 0 saturated heterocycles. The summed E-state index contributed by atoms with van der Waals surface area (Å²) < 4.78 is 0. The summed E-state index contributed by atoms with van der Waals surface area (Å²) in [6, 6.07) is 16.1. The van der Waals surface area contributed by atoms with E-state index in [0.717, 1.165) is 5.69 Å². The Hall–Kier alpha value is -2.35. The molecule has 2 heteroatoms. The van der Waals surface area contributed by atoms with Gasteiger partial charge in [0.1, 0.15) is 0 Å². The average molecular weight is 307 g/mol. The molecule has 0 spiro atoms. The van der Waals surface area contributed by atoms with Crippen molar-refractivity contribution in [1.29, 1.82) is 0 Å². The number of ketones is 1. The molecular formula is C21H25NO. The van der Waals surface area contributed by atoms with Gasteiger partial charge in [-0.3, -0.25) is 4.79 Å². The minimum Gasteiger partial charge on any atom is -0.362 e. The molecule has 0 aliphatic rings. The maximum absolute atomic E-state index is 12.2. The Balaban J connectivity index is 2.00. The monoisotopic (exact) mass is 307 g/mol. The first-order valence-electron chi connectivity index (χ1n) is 8.14. The predicted molar refractivity (Wildman–Crippen MR) is 98.2 cm³/mol. The van der Waals surface area contributed by atoms with Crippen LogP contribution in [0.25, 0.3) is 0 Å². The van der Waals surface area contributed by atoms with Crippen molar-refractivity contribution in [2.75, 3.05) is 5.32 Å². The van der Waals surface area contributed by atoms with Crippen LogP contribution < -0.4 is 5.32 Å². The number of carbonyl (C=O) groups is 1. The summed E-state index contributed by atoms with van der Waals surface area (Å²) in [6.45, 7) is 8.62. The first-order valence-corrected chi connectivity index (χ1v) is 8.14. The molecule has 120 valence electrons. The number of carbonyl (C=O) groups excluding carboxylic acids is 1. The molecule has 0 fully saturated rings. The summed E-state index contributed by atoms with van der Waals surface area (Å²) in [5.41, 5.74) is 4.23. The smallest absolute Gasteiger partial charge is 0.187 e. The molecule has 0 aliphatic carbocycles. The Morgan fingerprint density at radius 3 is 2.17 bits per heavy atom. The second-order valence-electron chi connectivity index (χ2n) is 6.40. The summed E-state index contributed by atoms with van der Waals surface area (Å²) >= 11 is 0. The molecule has 0 aromatic heterocycles. The van der Waals surface area contributed by atoms with Gasteiger partial charge in [-0.15, -0.1) is 0 Å². The molecule has 1 N–H and O–H groups in total. The van der Waals surface area contributed by atoms with E-state index in [-0.39, 0.29) is 5.78 Å². The minimum absolute atomic E-state index is 0.00724. The topological polar surface area (TPSA) is 29.1 Å². The van der Waals surface area contributed by atoms with Crippen LogP contribution in [0.2, 0.25) is 0 Å². The van der Waals surface area contributed by atoms with E-state index in [1.54, 1.807) is 12.3 Å². The van der Waals surface area contributed by atoms with Crippen LogP contribution >= 0.6 is 0 Å². The lowest BCUT2D eigenvalue weighted by molar-refractivity contribution is 0.104. The van der Waals surface area contributed by atoms with E-state index in [2.05, 4.69) is 45.1 Å².